The number of hydrogen-bond acceptors (Lipinski definition) is 3. The van der Waals surface area contributed by atoms with Crippen LogP contribution in [0.15, 0.2) is 30.3 Å². The molecule has 0 saturated heterocycles. The first-order valence-electron chi connectivity index (χ1n) is 6.32. The number of anilines is 1. The summed E-state index contributed by atoms with van der Waals surface area (Å²) in [5, 5.41) is 4.41. The molecule has 5 heteroatoms. The molecule has 0 unspecified atom stereocenters. The van der Waals surface area contributed by atoms with Crippen LogP contribution < -0.4 is 11.5 Å². The van der Waals surface area contributed by atoms with Gasteiger partial charge in [-0.05, 0) is 12.0 Å². The zero-order valence-electron chi connectivity index (χ0n) is 11.0. The number of rotatable bonds is 5. The highest BCUT2D eigenvalue weighted by Gasteiger charge is 2.19. The molecule has 0 atom stereocenters. The maximum atomic E-state index is 11.5. The summed E-state index contributed by atoms with van der Waals surface area (Å²) in [6, 6.07) is 9.78. The number of aryl methyl sites for hydroxylation is 1. The van der Waals surface area contributed by atoms with E-state index < -0.39 is 5.91 Å². The normalized spacial score (nSPS) is 10.6. The van der Waals surface area contributed by atoms with Crippen LogP contribution in [0.3, 0.4) is 0 Å². The zero-order chi connectivity index (χ0) is 13.8. The molecule has 2 aromatic rings. The van der Waals surface area contributed by atoms with Gasteiger partial charge in [-0.15, -0.1) is 0 Å². The van der Waals surface area contributed by atoms with E-state index in [1.807, 2.05) is 37.3 Å². The van der Waals surface area contributed by atoms with E-state index in [2.05, 4.69) is 5.10 Å². The van der Waals surface area contributed by atoms with Crippen molar-refractivity contribution >= 4 is 11.6 Å². The van der Waals surface area contributed by atoms with Crippen LogP contribution in [-0.2, 0) is 13.0 Å². The van der Waals surface area contributed by atoms with Crippen molar-refractivity contribution in [2.75, 3.05) is 5.73 Å². The summed E-state index contributed by atoms with van der Waals surface area (Å²) in [4.78, 5) is 11.5. The molecule has 1 aromatic heterocycles. The van der Waals surface area contributed by atoms with Crippen molar-refractivity contribution < 1.29 is 4.79 Å². The van der Waals surface area contributed by atoms with Crippen molar-refractivity contribution in [1.29, 1.82) is 0 Å². The number of aromatic nitrogens is 2. The van der Waals surface area contributed by atoms with Crippen molar-refractivity contribution in [3.05, 3.63) is 47.3 Å². The van der Waals surface area contributed by atoms with Crippen molar-refractivity contribution in [2.45, 2.75) is 26.3 Å². The topological polar surface area (TPSA) is 86.9 Å². The monoisotopic (exact) mass is 258 g/mol. The lowest BCUT2D eigenvalue weighted by molar-refractivity contribution is 0.0991. The van der Waals surface area contributed by atoms with Gasteiger partial charge in [-0.3, -0.25) is 9.48 Å². The Hall–Kier alpha value is -2.30. The van der Waals surface area contributed by atoms with Gasteiger partial charge >= 0.3 is 0 Å². The van der Waals surface area contributed by atoms with Gasteiger partial charge in [0.05, 0.1) is 17.9 Å². The maximum absolute atomic E-state index is 11.5. The molecule has 19 heavy (non-hydrogen) atoms. The fourth-order valence-corrected chi connectivity index (χ4v) is 2.08. The standard InChI is InChI=1S/C14H18N4O/c1-2-6-11-12(15)13(14(16)19)18(17-11)9-10-7-4-3-5-8-10/h3-5,7-8H,2,6,9,15H2,1H3,(H2,16,19). The minimum absolute atomic E-state index is 0.298. The molecule has 100 valence electrons. The Balaban J connectivity index is 2.38. The van der Waals surface area contributed by atoms with Crippen molar-refractivity contribution in [3.63, 3.8) is 0 Å². The van der Waals surface area contributed by atoms with E-state index in [1.165, 1.54) is 0 Å². The van der Waals surface area contributed by atoms with Crippen molar-refractivity contribution in [3.8, 4) is 0 Å². The summed E-state index contributed by atoms with van der Waals surface area (Å²) in [5.41, 5.74) is 13.9. The van der Waals surface area contributed by atoms with Gasteiger partial charge in [-0.25, -0.2) is 0 Å². The number of benzene rings is 1. The molecule has 1 amide bonds. The lowest BCUT2D eigenvalue weighted by Gasteiger charge is -2.05. The van der Waals surface area contributed by atoms with E-state index >= 15 is 0 Å². The van der Waals surface area contributed by atoms with Crippen molar-refractivity contribution in [1.82, 2.24) is 9.78 Å². The van der Waals surface area contributed by atoms with Crippen LogP contribution in [0.1, 0.15) is 35.1 Å². The Kier molecular flexibility index (Phi) is 3.85. The number of carbonyl (C=O) groups excluding carboxylic acids is 1. The lowest BCUT2D eigenvalue weighted by atomic mass is 10.2. The predicted molar refractivity (Wildman–Crippen MR) is 74.7 cm³/mol. The maximum Gasteiger partial charge on any atom is 0.269 e. The second-order valence-corrected chi connectivity index (χ2v) is 4.47. The molecule has 1 heterocycles. The first-order chi connectivity index (χ1) is 9.13. The Morgan fingerprint density at radius 3 is 2.58 bits per heavy atom. The number of primary amides is 1. The molecule has 2 rings (SSSR count). The fourth-order valence-electron chi connectivity index (χ4n) is 2.08. The number of nitrogens with zero attached hydrogens (tertiary/aromatic N) is 2. The number of hydrogen-bond donors (Lipinski definition) is 2. The largest absolute Gasteiger partial charge is 0.395 e. The van der Waals surface area contributed by atoms with Crippen LogP contribution in [0.25, 0.3) is 0 Å². The predicted octanol–water partition coefficient (Wildman–Crippen LogP) is 1.56. The van der Waals surface area contributed by atoms with E-state index in [0.717, 1.165) is 24.1 Å². The van der Waals surface area contributed by atoms with E-state index in [-0.39, 0.29) is 0 Å². The molecule has 4 N–H and O–H groups in total. The average Bonchev–Trinajstić information content (AvgIpc) is 2.68. The first-order valence-corrected chi connectivity index (χ1v) is 6.32. The number of nitrogen functional groups attached to an aromatic ring is 1. The smallest absolute Gasteiger partial charge is 0.269 e. The summed E-state index contributed by atoms with van der Waals surface area (Å²) in [7, 11) is 0. The molecular formula is C14H18N4O. The molecule has 0 aliphatic rings. The van der Waals surface area contributed by atoms with Gasteiger partial charge in [0.1, 0.15) is 5.69 Å². The van der Waals surface area contributed by atoms with E-state index in [4.69, 9.17) is 11.5 Å². The highest BCUT2D eigenvalue weighted by atomic mass is 16.1. The summed E-state index contributed by atoms with van der Waals surface area (Å²) in [5.74, 6) is -0.539. The van der Waals surface area contributed by atoms with Crippen LogP contribution in [0.5, 0.6) is 0 Å². The van der Waals surface area contributed by atoms with Gasteiger partial charge in [0.25, 0.3) is 5.91 Å². The summed E-state index contributed by atoms with van der Waals surface area (Å²) in [6.45, 7) is 2.53. The third-order valence-electron chi connectivity index (χ3n) is 2.96. The van der Waals surface area contributed by atoms with E-state index in [1.54, 1.807) is 4.68 Å². The Labute approximate surface area is 112 Å². The van der Waals surface area contributed by atoms with E-state index in [9.17, 15) is 4.79 Å². The molecule has 0 spiro atoms. The van der Waals surface area contributed by atoms with Gasteiger partial charge in [0.15, 0.2) is 0 Å². The van der Waals surface area contributed by atoms with E-state index in [0.29, 0.717) is 17.9 Å². The molecule has 0 aliphatic carbocycles. The van der Waals surface area contributed by atoms with Gasteiger partial charge in [0, 0.05) is 0 Å². The third kappa shape index (κ3) is 2.76. The van der Waals surface area contributed by atoms with Crippen LogP contribution in [0, 0.1) is 0 Å². The third-order valence-corrected chi connectivity index (χ3v) is 2.96. The number of amides is 1. The molecule has 0 saturated carbocycles. The van der Waals surface area contributed by atoms with Gasteiger partial charge in [-0.2, -0.15) is 5.10 Å². The van der Waals surface area contributed by atoms with Crippen LogP contribution in [0.4, 0.5) is 5.69 Å². The van der Waals surface area contributed by atoms with Gasteiger partial charge in [-0.1, -0.05) is 43.7 Å². The lowest BCUT2D eigenvalue weighted by Crippen LogP contribution is -2.19. The van der Waals surface area contributed by atoms with Crippen molar-refractivity contribution in [2.24, 2.45) is 5.73 Å². The second-order valence-electron chi connectivity index (χ2n) is 4.47. The summed E-state index contributed by atoms with van der Waals surface area (Å²) < 4.78 is 1.60. The molecule has 0 radical (unpaired) electrons. The molecule has 0 aliphatic heterocycles. The van der Waals surface area contributed by atoms with Crippen LogP contribution >= 0.6 is 0 Å². The molecular weight excluding hydrogens is 240 g/mol. The molecule has 1 aromatic carbocycles. The quantitative estimate of drug-likeness (QED) is 0.853. The zero-order valence-corrected chi connectivity index (χ0v) is 11.0. The Morgan fingerprint density at radius 1 is 1.32 bits per heavy atom. The molecule has 0 fully saturated rings. The van der Waals surface area contributed by atoms with Crippen LogP contribution in [0.2, 0.25) is 0 Å². The number of carbonyl (C=O) groups is 1. The Morgan fingerprint density at radius 2 is 2.00 bits per heavy atom. The highest BCUT2D eigenvalue weighted by molar-refractivity contribution is 5.96. The van der Waals surface area contributed by atoms with Crippen LogP contribution in [-0.4, -0.2) is 15.7 Å². The fraction of sp³-hybridized carbons (Fsp3) is 0.286. The average molecular weight is 258 g/mol. The second kappa shape index (κ2) is 5.56. The summed E-state index contributed by atoms with van der Waals surface area (Å²) in [6.07, 6.45) is 1.67. The Bertz CT molecular complexity index is 575. The minimum Gasteiger partial charge on any atom is -0.395 e. The van der Waals surface area contributed by atoms with Gasteiger partial charge < -0.3 is 11.5 Å². The molecule has 0 bridgehead atoms. The molecule has 5 nitrogen and oxygen atoms in total. The SMILES string of the molecule is CCCc1nn(Cc2ccccc2)c(C(N)=O)c1N. The highest BCUT2D eigenvalue weighted by Crippen LogP contribution is 2.19. The summed E-state index contributed by atoms with van der Waals surface area (Å²) >= 11 is 0. The van der Waals surface area contributed by atoms with Gasteiger partial charge in [0.2, 0.25) is 0 Å². The minimum atomic E-state index is -0.539. The first kappa shape index (κ1) is 13.1. The number of nitrogens with two attached hydrogens (primary N) is 2.